The Balaban J connectivity index is 1.77. The van der Waals surface area contributed by atoms with Gasteiger partial charge in [-0.05, 0) is 25.8 Å². The molecule has 0 aliphatic carbocycles. The molecule has 25 heavy (non-hydrogen) atoms. The molecule has 1 fully saturated rings. The van der Waals surface area contributed by atoms with Crippen LogP contribution in [0.1, 0.15) is 41.5 Å². The Labute approximate surface area is 147 Å². The Morgan fingerprint density at radius 2 is 2.08 bits per heavy atom. The minimum atomic E-state index is -0.221. The highest BCUT2D eigenvalue weighted by Gasteiger charge is 2.29. The number of aryl methyl sites for hydroxylation is 2. The van der Waals surface area contributed by atoms with E-state index in [1.165, 1.54) is 0 Å². The largest absolute Gasteiger partial charge is 0.361 e. The van der Waals surface area contributed by atoms with Gasteiger partial charge in [-0.15, -0.1) is 0 Å². The molecule has 6 nitrogen and oxygen atoms in total. The SMILES string of the molecule is Cc1noc(C)c1CCC(=O)N1CCNC(=O)C[C@@H]1c1ccccc1. The smallest absolute Gasteiger partial charge is 0.223 e. The summed E-state index contributed by atoms with van der Waals surface area (Å²) in [7, 11) is 0. The van der Waals surface area contributed by atoms with Crippen LogP contribution in [0.15, 0.2) is 34.9 Å². The van der Waals surface area contributed by atoms with Crippen LogP contribution >= 0.6 is 0 Å². The first-order chi connectivity index (χ1) is 12.1. The number of rotatable bonds is 4. The highest BCUT2D eigenvalue weighted by atomic mass is 16.5. The van der Waals surface area contributed by atoms with Crippen molar-refractivity contribution in [2.24, 2.45) is 0 Å². The summed E-state index contributed by atoms with van der Waals surface area (Å²) in [5.41, 5.74) is 2.82. The van der Waals surface area contributed by atoms with Gasteiger partial charge in [-0.3, -0.25) is 9.59 Å². The molecule has 1 aromatic carbocycles. The highest BCUT2D eigenvalue weighted by molar-refractivity contribution is 5.81. The number of carbonyl (C=O) groups excluding carboxylic acids is 2. The summed E-state index contributed by atoms with van der Waals surface area (Å²) in [4.78, 5) is 26.7. The van der Waals surface area contributed by atoms with Crippen LogP contribution in [0.4, 0.5) is 0 Å². The number of carbonyl (C=O) groups is 2. The first-order valence-corrected chi connectivity index (χ1v) is 8.59. The predicted octanol–water partition coefficient (Wildman–Crippen LogP) is 2.31. The van der Waals surface area contributed by atoms with E-state index in [9.17, 15) is 9.59 Å². The lowest BCUT2D eigenvalue weighted by molar-refractivity contribution is -0.133. The van der Waals surface area contributed by atoms with E-state index in [1.54, 1.807) is 0 Å². The third-order valence-corrected chi connectivity index (χ3v) is 4.70. The maximum atomic E-state index is 12.9. The molecule has 2 amide bonds. The third kappa shape index (κ3) is 3.90. The minimum Gasteiger partial charge on any atom is -0.361 e. The topological polar surface area (TPSA) is 75.4 Å². The quantitative estimate of drug-likeness (QED) is 0.926. The molecule has 1 aliphatic heterocycles. The predicted molar refractivity (Wildman–Crippen MR) is 92.8 cm³/mol. The Hall–Kier alpha value is -2.63. The second kappa shape index (κ2) is 7.51. The number of amides is 2. The molecular weight excluding hydrogens is 318 g/mol. The van der Waals surface area contributed by atoms with Crippen molar-refractivity contribution in [3.8, 4) is 0 Å². The van der Waals surface area contributed by atoms with Crippen molar-refractivity contribution < 1.29 is 14.1 Å². The fourth-order valence-electron chi connectivity index (χ4n) is 3.34. The molecule has 6 heteroatoms. The molecule has 0 radical (unpaired) electrons. The van der Waals surface area contributed by atoms with E-state index in [4.69, 9.17) is 4.52 Å². The summed E-state index contributed by atoms with van der Waals surface area (Å²) in [5, 5.41) is 6.80. The van der Waals surface area contributed by atoms with Crippen LogP contribution in [0.25, 0.3) is 0 Å². The number of aromatic nitrogens is 1. The van der Waals surface area contributed by atoms with Crippen LogP contribution < -0.4 is 5.32 Å². The lowest BCUT2D eigenvalue weighted by Crippen LogP contribution is -2.36. The summed E-state index contributed by atoms with van der Waals surface area (Å²) < 4.78 is 5.17. The normalized spacial score (nSPS) is 17.9. The molecule has 2 heterocycles. The lowest BCUT2D eigenvalue weighted by Gasteiger charge is -2.29. The molecule has 0 unspecified atom stereocenters. The van der Waals surface area contributed by atoms with Gasteiger partial charge < -0.3 is 14.7 Å². The molecule has 2 aromatic rings. The third-order valence-electron chi connectivity index (χ3n) is 4.70. The average Bonchev–Trinajstić information content (AvgIpc) is 2.81. The maximum Gasteiger partial charge on any atom is 0.223 e. The summed E-state index contributed by atoms with van der Waals surface area (Å²) in [5.74, 6) is 0.790. The molecule has 3 rings (SSSR count). The van der Waals surface area contributed by atoms with Crippen molar-refractivity contribution in [3.63, 3.8) is 0 Å². The van der Waals surface area contributed by atoms with E-state index in [0.29, 0.717) is 32.4 Å². The molecule has 132 valence electrons. The van der Waals surface area contributed by atoms with Gasteiger partial charge in [0.25, 0.3) is 0 Å². The van der Waals surface area contributed by atoms with Gasteiger partial charge in [0.05, 0.1) is 18.2 Å². The van der Waals surface area contributed by atoms with Crippen molar-refractivity contribution in [2.75, 3.05) is 13.1 Å². The second-order valence-corrected chi connectivity index (χ2v) is 6.37. The molecule has 1 atom stereocenters. The fraction of sp³-hybridized carbons (Fsp3) is 0.421. The zero-order valence-corrected chi connectivity index (χ0v) is 14.6. The average molecular weight is 341 g/mol. The number of benzene rings is 1. The lowest BCUT2D eigenvalue weighted by atomic mass is 10.0. The van der Waals surface area contributed by atoms with Gasteiger partial charge in [-0.2, -0.15) is 0 Å². The van der Waals surface area contributed by atoms with Gasteiger partial charge in [0.1, 0.15) is 5.76 Å². The van der Waals surface area contributed by atoms with Crippen molar-refractivity contribution in [1.82, 2.24) is 15.4 Å². The van der Waals surface area contributed by atoms with E-state index in [-0.39, 0.29) is 17.9 Å². The van der Waals surface area contributed by atoms with Crippen molar-refractivity contribution in [3.05, 3.63) is 52.9 Å². The van der Waals surface area contributed by atoms with Crippen molar-refractivity contribution >= 4 is 11.8 Å². The van der Waals surface area contributed by atoms with Crippen molar-refractivity contribution in [1.29, 1.82) is 0 Å². The van der Waals surface area contributed by atoms with E-state index >= 15 is 0 Å². The molecule has 1 N–H and O–H groups in total. The first-order valence-electron chi connectivity index (χ1n) is 8.59. The molecule has 0 bridgehead atoms. The number of nitrogens with zero attached hydrogens (tertiary/aromatic N) is 2. The van der Waals surface area contributed by atoms with Gasteiger partial charge in [0, 0.05) is 25.1 Å². The minimum absolute atomic E-state index is 0.0186. The van der Waals surface area contributed by atoms with E-state index in [1.807, 2.05) is 49.1 Å². The Morgan fingerprint density at radius 3 is 2.76 bits per heavy atom. The Morgan fingerprint density at radius 1 is 1.32 bits per heavy atom. The van der Waals surface area contributed by atoms with E-state index < -0.39 is 0 Å². The van der Waals surface area contributed by atoms with Crippen LogP contribution in [0.2, 0.25) is 0 Å². The van der Waals surface area contributed by atoms with Gasteiger partial charge >= 0.3 is 0 Å². The monoisotopic (exact) mass is 341 g/mol. The molecule has 1 aliphatic rings. The molecule has 1 aromatic heterocycles. The molecule has 0 spiro atoms. The van der Waals surface area contributed by atoms with Crippen LogP contribution in [0, 0.1) is 13.8 Å². The van der Waals surface area contributed by atoms with Gasteiger partial charge in [-0.1, -0.05) is 35.5 Å². The van der Waals surface area contributed by atoms with Crippen LogP contribution in [-0.4, -0.2) is 35.0 Å². The maximum absolute atomic E-state index is 12.9. The Kier molecular flexibility index (Phi) is 5.16. The van der Waals surface area contributed by atoms with Crippen LogP contribution in [-0.2, 0) is 16.0 Å². The molecular formula is C19H23N3O3. The van der Waals surface area contributed by atoms with Gasteiger partial charge in [-0.25, -0.2) is 0 Å². The zero-order valence-electron chi connectivity index (χ0n) is 14.6. The van der Waals surface area contributed by atoms with Crippen molar-refractivity contribution in [2.45, 2.75) is 39.2 Å². The zero-order chi connectivity index (χ0) is 17.8. The number of hydrogen-bond acceptors (Lipinski definition) is 4. The van der Waals surface area contributed by atoms with E-state index in [0.717, 1.165) is 22.6 Å². The highest BCUT2D eigenvalue weighted by Crippen LogP contribution is 2.27. The first kappa shape index (κ1) is 17.2. The fourth-order valence-corrected chi connectivity index (χ4v) is 3.34. The summed E-state index contributed by atoms with van der Waals surface area (Å²) in [6.45, 7) is 4.75. The van der Waals surface area contributed by atoms with Gasteiger partial charge in [0.15, 0.2) is 0 Å². The second-order valence-electron chi connectivity index (χ2n) is 6.37. The number of hydrogen-bond donors (Lipinski definition) is 1. The Bertz CT molecular complexity index is 735. The van der Waals surface area contributed by atoms with Crippen LogP contribution in [0.3, 0.4) is 0 Å². The number of nitrogens with one attached hydrogen (secondary N) is 1. The van der Waals surface area contributed by atoms with E-state index in [2.05, 4.69) is 10.5 Å². The van der Waals surface area contributed by atoms with Crippen LogP contribution in [0.5, 0.6) is 0 Å². The molecule has 0 saturated carbocycles. The standard InChI is InChI=1S/C19H23N3O3/c1-13-16(14(2)25-21-13)8-9-19(24)22-11-10-20-18(23)12-17(22)15-6-4-3-5-7-15/h3-7,17H,8-12H2,1-2H3,(H,20,23)/t17-/m1/s1. The summed E-state index contributed by atoms with van der Waals surface area (Å²) in [6, 6.07) is 9.52. The summed E-state index contributed by atoms with van der Waals surface area (Å²) in [6.07, 6.45) is 1.26. The molecule has 1 saturated heterocycles. The summed E-state index contributed by atoms with van der Waals surface area (Å²) >= 11 is 0. The van der Waals surface area contributed by atoms with Gasteiger partial charge in [0.2, 0.25) is 11.8 Å².